The van der Waals surface area contributed by atoms with Gasteiger partial charge in [0.05, 0.1) is 12.9 Å². The van der Waals surface area contributed by atoms with Gasteiger partial charge in [-0.15, -0.1) is 0 Å². The molecule has 0 aromatic rings. The molecule has 0 aromatic heterocycles. The van der Waals surface area contributed by atoms with E-state index in [4.69, 9.17) is 9.59 Å². The molecule has 0 rings (SSSR count). The highest BCUT2D eigenvalue weighted by molar-refractivity contribution is 7.85. The second-order valence-corrected chi connectivity index (χ2v) is 4.03. The number of carbonyl (C=O) groups is 1. The van der Waals surface area contributed by atoms with Crippen molar-refractivity contribution in [1.29, 1.82) is 0 Å². The van der Waals surface area contributed by atoms with E-state index in [1.807, 2.05) is 0 Å². The Kier molecular flexibility index (Phi) is 9.86. The van der Waals surface area contributed by atoms with Gasteiger partial charge in [0, 0.05) is 0 Å². The fourth-order valence-corrected chi connectivity index (χ4v) is 0.799. The van der Waals surface area contributed by atoms with Gasteiger partial charge in [0.1, 0.15) is 0 Å². The lowest BCUT2D eigenvalue weighted by Gasteiger charge is -2.01. The van der Waals surface area contributed by atoms with Gasteiger partial charge in [0.25, 0.3) is 0 Å². The maximum absolute atomic E-state index is 11.1. The summed E-state index contributed by atoms with van der Waals surface area (Å²) in [6.07, 6.45) is 1.34. The third-order valence-electron chi connectivity index (χ3n) is 1.13. The van der Waals surface area contributed by atoms with E-state index in [-0.39, 0.29) is 24.9 Å². The Hall–Kier alpha value is -1.73. The molecular weight excluding hydrogens is 254 g/mol. The van der Waals surface area contributed by atoms with Gasteiger partial charge in [-0.3, -0.25) is 4.28 Å². The van der Waals surface area contributed by atoms with Gasteiger partial charge < -0.3 is 4.74 Å². The topological polar surface area (TPSA) is 116 Å². The fourth-order valence-electron chi connectivity index (χ4n) is 0.573. The second-order valence-electron chi connectivity index (χ2n) is 2.47. The Labute approximate surface area is 98.7 Å². The van der Waals surface area contributed by atoms with Gasteiger partial charge in [-0.05, 0) is 13.3 Å². The number of oxime groups is 1. The molecule has 0 aromatic carbocycles. The van der Waals surface area contributed by atoms with Crippen LogP contribution in [0, 0.1) is 0 Å². The number of esters is 1. The molecule has 8 nitrogen and oxygen atoms in total. The molecule has 0 amide bonds. The van der Waals surface area contributed by atoms with E-state index in [2.05, 4.69) is 14.2 Å². The van der Waals surface area contributed by atoms with Crippen LogP contribution < -0.4 is 0 Å². The van der Waals surface area contributed by atoms with E-state index in [1.54, 1.807) is 13.8 Å². The normalized spacial score (nSPS) is 10.6. The summed E-state index contributed by atoms with van der Waals surface area (Å²) in [4.78, 5) is 27.3. The Balaban J connectivity index is 0. The summed E-state index contributed by atoms with van der Waals surface area (Å²) >= 11 is 0. The molecule has 98 valence electrons. The largest absolute Gasteiger partial charge is 0.461 e. The standard InChI is InChI=1S/C7H13NO5S.CO2/c1-4-6(7(9)12-5-2)8-13-14(3,10)11;2-1-3/h4-5H2,1-3H3;/b8-6-;. The van der Waals surface area contributed by atoms with Gasteiger partial charge >= 0.3 is 22.2 Å². The van der Waals surface area contributed by atoms with Crippen molar-refractivity contribution < 1.29 is 31.8 Å². The number of carbonyl (C=O) groups excluding carboxylic acids is 3. The molecule has 0 N–H and O–H groups in total. The number of rotatable bonds is 5. The summed E-state index contributed by atoms with van der Waals surface area (Å²) in [5.74, 6) is -0.668. The molecule has 0 unspecified atom stereocenters. The monoisotopic (exact) mass is 267 g/mol. The molecule has 17 heavy (non-hydrogen) atoms. The van der Waals surface area contributed by atoms with E-state index in [0.29, 0.717) is 0 Å². The van der Waals surface area contributed by atoms with Crippen LogP contribution in [0.2, 0.25) is 0 Å². The minimum absolute atomic E-state index is 0.0581. The zero-order chi connectivity index (χ0) is 13.9. The minimum Gasteiger partial charge on any atom is -0.461 e. The number of hydrogen-bond acceptors (Lipinski definition) is 8. The third kappa shape index (κ3) is 12.2. The maximum atomic E-state index is 11.1. The fraction of sp³-hybridized carbons (Fsp3) is 0.625. The number of ether oxygens (including phenoxy) is 1. The van der Waals surface area contributed by atoms with Gasteiger partial charge in [-0.2, -0.15) is 18.0 Å². The van der Waals surface area contributed by atoms with Gasteiger partial charge in [0.2, 0.25) is 0 Å². The van der Waals surface area contributed by atoms with Crippen LogP contribution in [0.5, 0.6) is 0 Å². The predicted molar refractivity (Wildman–Crippen MR) is 55.3 cm³/mol. The zero-order valence-corrected chi connectivity index (χ0v) is 10.4. The molecule has 0 aliphatic rings. The minimum atomic E-state index is -3.67. The predicted octanol–water partition coefficient (Wildman–Crippen LogP) is -0.292. The van der Waals surface area contributed by atoms with E-state index in [0.717, 1.165) is 6.26 Å². The van der Waals surface area contributed by atoms with Crippen LogP contribution in [0.25, 0.3) is 0 Å². The van der Waals surface area contributed by atoms with Crippen LogP contribution >= 0.6 is 0 Å². The quantitative estimate of drug-likeness (QED) is 0.381. The van der Waals surface area contributed by atoms with Crippen molar-refractivity contribution in [1.82, 2.24) is 0 Å². The lowest BCUT2D eigenvalue weighted by Crippen LogP contribution is -2.17. The van der Waals surface area contributed by atoms with Crippen molar-refractivity contribution in [2.75, 3.05) is 12.9 Å². The van der Waals surface area contributed by atoms with Crippen LogP contribution in [-0.4, -0.2) is 39.1 Å². The first kappa shape index (κ1) is 17.7. The van der Waals surface area contributed by atoms with Crippen molar-refractivity contribution >= 4 is 28.0 Å². The highest BCUT2D eigenvalue weighted by Crippen LogP contribution is 1.95. The first-order valence-electron chi connectivity index (χ1n) is 4.44. The van der Waals surface area contributed by atoms with Crippen molar-refractivity contribution in [3.05, 3.63) is 0 Å². The first-order valence-corrected chi connectivity index (χ1v) is 6.25. The number of nitrogens with zero attached hydrogens (tertiary/aromatic N) is 1. The zero-order valence-electron chi connectivity index (χ0n) is 9.63. The van der Waals surface area contributed by atoms with Crippen LogP contribution in [0.4, 0.5) is 0 Å². The van der Waals surface area contributed by atoms with Crippen molar-refractivity contribution in [3.8, 4) is 0 Å². The average Bonchev–Trinajstić information content (AvgIpc) is 2.18. The van der Waals surface area contributed by atoms with Crippen LogP contribution in [-0.2, 0) is 33.5 Å². The summed E-state index contributed by atoms with van der Waals surface area (Å²) in [7, 11) is -3.67. The highest BCUT2D eigenvalue weighted by atomic mass is 32.2. The smallest absolute Gasteiger partial charge is 0.373 e. The van der Waals surface area contributed by atoms with E-state index >= 15 is 0 Å². The Morgan fingerprint density at radius 3 is 2.06 bits per heavy atom. The molecule has 0 spiro atoms. The summed E-state index contributed by atoms with van der Waals surface area (Å²) in [5.41, 5.74) is -0.0581. The van der Waals surface area contributed by atoms with Gasteiger partial charge in [0.15, 0.2) is 5.71 Å². The van der Waals surface area contributed by atoms with Crippen LogP contribution in [0.3, 0.4) is 0 Å². The molecule has 0 heterocycles. The molecule has 0 bridgehead atoms. The van der Waals surface area contributed by atoms with Crippen LogP contribution in [0.1, 0.15) is 20.3 Å². The van der Waals surface area contributed by atoms with E-state index in [9.17, 15) is 13.2 Å². The summed E-state index contributed by atoms with van der Waals surface area (Å²) in [5, 5.41) is 3.19. The summed E-state index contributed by atoms with van der Waals surface area (Å²) in [6.45, 7) is 3.49. The van der Waals surface area contributed by atoms with Crippen LogP contribution in [0.15, 0.2) is 5.16 Å². The Bertz CT molecular complexity index is 392. The molecule has 0 aliphatic carbocycles. The first-order chi connectivity index (χ1) is 7.82. The Morgan fingerprint density at radius 1 is 1.29 bits per heavy atom. The molecule has 0 aliphatic heterocycles. The van der Waals surface area contributed by atoms with Crippen molar-refractivity contribution in [2.45, 2.75) is 20.3 Å². The summed E-state index contributed by atoms with van der Waals surface area (Å²) < 4.78 is 29.8. The Morgan fingerprint density at radius 2 is 1.76 bits per heavy atom. The molecule has 0 fully saturated rings. The molecule has 0 saturated carbocycles. The molecule has 9 heteroatoms. The van der Waals surface area contributed by atoms with Gasteiger partial charge in [-0.25, -0.2) is 4.79 Å². The van der Waals surface area contributed by atoms with E-state index < -0.39 is 16.1 Å². The molecule has 0 radical (unpaired) electrons. The van der Waals surface area contributed by atoms with Crippen molar-refractivity contribution in [3.63, 3.8) is 0 Å². The molecule has 0 saturated heterocycles. The van der Waals surface area contributed by atoms with Gasteiger partial charge in [-0.1, -0.05) is 12.1 Å². The molecular formula is C8H13NO7S. The maximum Gasteiger partial charge on any atom is 0.373 e. The SMILES string of the molecule is CCOC(=O)/C(CC)=N\OS(C)(=O)=O.O=C=O. The van der Waals surface area contributed by atoms with Crippen molar-refractivity contribution in [2.24, 2.45) is 5.16 Å². The van der Waals surface area contributed by atoms with E-state index in [1.165, 1.54) is 0 Å². The molecule has 0 atom stereocenters. The number of hydrogen-bond donors (Lipinski definition) is 0. The second kappa shape index (κ2) is 9.49. The summed E-state index contributed by atoms with van der Waals surface area (Å²) in [6, 6.07) is 0. The lowest BCUT2D eigenvalue weighted by molar-refractivity contribution is -0.191. The highest BCUT2D eigenvalue weighted by Gasteiger charge is 2.12. The average molecular weight is 267 g/mol. The third-order valence-corrected chi connectivity index (χ3v) is 1.47. The lowest BCUT2D eigenvalue weighted by atomic mass is 10.3.